The van der Waals surface area contributed by atoms with Gasteiger partial charge in [-0.15, -0.1) is 0 Å². The van der Waals surface area contributed by atoms with Crippen molar-refractivity contribution >= 4 is 9.84 Å². The highest BCUT2D eigenvalue weighted by molar-refractivity contribution is 7.91. The number of rotatable bonds is 0. The number of fused-ring (bicyclic) bond motifs is 5. The van der Waals surface area contributed by atoms with Crippen molar-refractivity contribution in [2.24, 2.45) is 17.8 Å². The summed E-state index contributed by atoms with van der Waals surface area (Å²) in [6, 6.07) is 0. The quantitative estimate of drug-likeness (QED) is 0.540. The molecule has 0 N–H and O–H groups in total. The van der Waals surface area contributed by atoms with Crippen LogP contribution >= 0.6 is 0 Å². The SMILES string of the molecule is O=S1(=O)C[C@@H]2[C@H]3CO[C@@H](C3)[C@@H]2C1. The molecule has 2 saturated heterocycles. The molecule has 0 spiro atoms. The summed E-state index contributed by atoms with van der Waals surface area (Å²) in [5, 5.41) is 0. The van der Waals surface area contributed by atoms with Gasteiger partial charge in [0.05, 0.1) is 24.2 Å². The predicted molar refractivity (Wildman–Crippen MR) is 43.5 cm³/mol. The Morgan fingerprint density at radius 2 is 1.92 bits per heavy atom. The van der Waals surface area contributed by atoms with E-state index >= 15 is 0 Å². The zero-order valence-electron chi connectivity index (χ0n) is 6.77. The van der Waals surface area contributed by atoms with Crippen LogP contribution in [-0.4, -0.2) is 32.6 Å². The molecule has 0 radical (unpaired) electrons. The average molecular weight is 188 g/mol. The van der Waals surface area contributed by atoms with Gasteiger partial charge in [0.25, 0.3) is 0 Å². The maximum Gasteiger partial charge on any atom is 0.150 e. The van der Waals surface area contributed by atoms with Gasteiger partial charge in [-0.3, -0.25) is 0 Å². The minimum absolute atomic E-state index is 0.275. The lowest BCUT2D eigenvalue weighted by Crippen LogP contribution is -2.27. The van der Waals surface area contributed by atoms with Gasteiger partial charge in [0.1, 0.15) is 0 Å². The topological polar surface area (TPSA) is 43.4 Å². The molecule has 1 aliphatic carbocycles. The van der Waals surface area contributed by atoms with Gasteiger partial charge < -0.3 is 4.74 Å². The molecule has 68 valence electrons. The highest BCUT2D eigenvalue weighted by atomic mass is 32.2. The molecule has 3 rings (SSSR count). The van der Waals surface area contributed by atoms with Crippen LogP contribution < -0.4 is 0 Å². The second kappa shape index (κ2) is 2.04. The van der Waals surface area contributed by atoms with E-state index in [0.717, 1.165) is 13.0 Å². The monoisotopic (exact) mass is 188 g/mol. The number of ether oxygens (including phenoxy) is 1. The van der Waals surface area contributed by atoms with E-state index < -0.39 is 9.84 Å². The highest BCUT2D eigenvalue weighted by Gasteiger charge is 2.55. The predicted octanol–water partition coefficient (Wildman–Crippen LogP) is 0.0659. The maximum atomic E-state index is 11.3. The normalized spacial score (nSPS) is 54.3. The zero-order valence-corrected chi connectivity index (χ0v) is 7.59. The van der Waals surface area contributed by atoms with E-state index in [1.165, 1.54) is 0 Å². The van der Waals surface area contributed by atoms with E-state index in [1.54, 1.807) is 0 Å². The van der Waals surface area contributed by atoms with Crippen molar-refractivity contribution in [2.75, 3.05) is 18.1 Å². The molecule has 4 atom stereocenters. The molecular weight excluding hydrogens is 176 g/mol. The molecule has 3 aliphatic rings. The molecule has 2 heterocycles. The second-order valence-electron chi connectivity index (χ2n) is 4.27. The molecule has 3 nitrogen and oxygen atoms in total. The summed E-state index contributed by atoms with van der Waals surface area (Å²) in [5.74, 6) is 2.15. The molecule has 0 aromatic carbocycles. The molecule has 12 heavy (non-hydrogen) atoms. The Labute approximate surface area is 72.0 Å². The van der Waals surface area contributed by atoms with Crippen molar-refractivity contribution in [3.8, 4) is 0 Å². The number of hydrogen-bond donors (Lipinski definition) is 0. The Bertz CT molecular complexity index is 284. The van der Waals surface area contributed by atoms with Crippen LogP contribution in [0.25, 0.3) is 0 Å². The fourth-order valence-corrected chi connectivity index (χ4v) is 5.34. The summed E-state index contributed by atoms with van der Waals surface area (Å²) >= 11 is 0. The minimum atomic E-state index is -2.71. The molecule has 3 fully saturated rings. The Morgan fingerprint density at radius 3 is 2.67 bits per heavy atom. The molecule has 0 aromatic heterocycles. The van der Waals surface area contributed by atoms with Gasteiger partial charge in [-0.2, -0.15) is 0 Å². The standard InChI is InChI=1S/C8H12O3S/c9-12(10)3-6-5-1-8(11-2-5)7(6)4-12/h5-8H,1-4H2/t5-,6-,7-,8+/m1/s1. The molecule has 0 amide bonds. The minimum Gasteiger partial charge on any atom is -0.378 e. The van der Waals surface area contributed by atoms with Crippen LogP contribution in [0, 0.1) is 17.8 Å². The van der Waals surface area contributed by atoms with Crippen molar-refractivity contribution in [3.63, 3.8) is 0 Å². The summed E-state index contributed by atoms with van der Waals surface area (Å²) in [5.41, 5.74) is 0. The Hall–Kier alpha value is -0.0900. The van der Waals surface area contributed by atoms with Crippen molar-refractivity contribution in [2.45, 2.75) is 12.5 Å². The smallest absolute Gasteiger partial charge is 0.150 e. The van der Waals surface area contributed by atoms with E-state index in [2.05, 4.69) is 0 Å². The summed E-state index contributed by atoms with van der Waals surface area (Å²) in [4.78, 5) is 0. The third-order valence-corrected chi connectivity index (χ3v) is 5.37. The van der Waals surface area contributed by atoms with Crippen molar-refractivity contribution in [3.05, 3.63) is 0 Å². The third-order valence-electron chi connectivity index (χ3n) is 3.59. The van der Waals surface area contributed by atoms with Crippen LogP contribution in [-0.2, 0) is 14.6 Å². The fraction of sp³-hybridized carbons (Fsp3) is 1.00. The van der Waals surface area contributed by atoms with Crippen LogP contribution in [0.1, 0.15) is 6.42 Å². The zero-order chi connectivity index (χ0) is 8.34. The fourth-order valence-electron chi connectivity index (χ4n) is 3.05. The third kappa shape index (κ3) is 0.823. The number of sulfone groups is 1. The molecular formula is C8H12O3S. The Kier molecular flexibility index (Phi) is 1.25. The molecule has 0 unspecified atom stereocenters. The van der Waals surface area contributed by atoms with Crippen LogP contribution in [0.4, 0.5) is 0 Å². The van der Waals surface area contributed by atoms with Crippen LogP contribution in [0.5, 0.6) is 0 Å². The van der Waals surface area contributed by atoms with Gasteiger partial charge in [0, 0.05) is 5.92 Å². The largest absolute Gasteiger partial charge is 0.378 e. The first-order valence-corrected chi connectivity index (χ1v) is 6.30. The summed E-state index contributed by atoms with van der Waals surface area (Å²) < 4.78 is 28.1. The average Bonchev–Trinajstić information content (AvgIpc) is 2.54. The van der Waals surface area contributed by atoms with Gasteiger partial charge in [0.15, 0.2) is 9.84 Å². The van der Waals surface area contributed by atoms with E-state index in [9.17, 15) is 8.42 Å². The van der Waals surface area contributed by atoms with Gasteiger partial charge in [-0.05, 0) is 18.3 Å². The van der Waals surface area contributed by atoms with Crippen LogP contribution in [0.2, 0.25) is 0 Å². The molecule has 1 saturated carbocycles. The van der Waals surface area contributed by atoms with E-state index in [-0.39, 0.29) is 6.10 Å². The summed E-state index contributed by atoms with van der Waals surface area (Å²) in [7, 11) is -2.71. The lowest BCUT2D eigenvalue weighted by molar-refractivity contribution is 0.0215. The lowest BCUT2D eigenvalue weighted by Gasteiger charge is -2.22. The van der Waals surface area contributed by atoms with Crippen molar-refractivity contribution in [1.29, 1.82) is 0 Å². The van der Waals surface area contributed by atoms with Crippen molar-refractivity contribution in [1.82, 2.24) is 0 Å². The first-order chi connectivity index (χ1) is 5.66. The first-order valence-electron chi connectivity index (χ1n) is 4.48. The lowest BCUT2D eigenvalue weighted by atomic mass is 9.91. The summed E-state index contributed by atoms with van der Waals surface area (Å²) in [6.45, 7) is 0.807. The second-order valence-corrected chi connectivity index (χ2v) is 6.43. The first kappa shape index (κ1) is 7.33. The highest BCUT2D eigenvalue weighted by Crippen LogP contribution is 2.49. The molecule has 4 heteroatoms. The molecule has 0 aromatic rings. The number of hydrogen-bond acceptors (Lipinski definition) is 3. The van der Waals surface area contributed by atoms with Gasteiger partial charge in [-0.25, -0.2) is 8.42 Å². The Balaban J connectivity index is 1.97. The maximum absolute atomic E-state index is 11.3. The molecule has 2 aliphatic heterocycles. The van der Waals surface area contributed by atoms with Gasteiger partial charge >= 0.3 is 0 Å². The Morgan fingerprint density at radius 1 is 1.17 bits per heavy atom. The van der Waals surface area contributed by atoms with Crippen LogP contribution in [0.15, 0.2) is 0 Å². The van der Waals surface area contributed by atoms with Crippen LogP contribution in [0.3, 0.4) is 0 Å². The molecule has 2 bridgehead atoms. The van der Waals surface area contributed by atoms with E-state index in [1.807, 2.05) is 0 Å². The van der Waals surface area contributed by atoms with Gasteiger partial charge in [-0.1, -0.05) is 0 Å². The van der Waals surface area contributed by atoms with Crippen molar-refractivity contribution < 1.29 is 13.2 Å². The van der Waals surface area contributed by atoms with E-state index in [0.29, 0.717) is 29.3 Å². The summed E-state index contributed by atoms with van der Waals surface area (Å²) in [6.07, 6.45) is 1.39. The van der Waals surface area contributed by atoms with E-state index in [4.69, 9.17) is 4.74 Å². The van der Waals surface area contributed by atoms with Gasteiger partial charge in [0.2, 0.25) is 0 Å².